The minimum atomic E-state index is -1.39. The standard InChI is InChI=1S/C28H23F4N3O4S/c29-17-9-7-16(8-10-17)26-34-35(27(37)25-21(31)12-18(30)13-22(25)32)28(40-26)20-5-1-2-6-23(20)39-15-24(36)33-14-19-4-3-11-38-19/h1-2,5-10,12-13,19,28H,3-4,11,14-15H2,(H,33,36). The second kappa shape index (κ2) is 12.1. The van der Waals surface area contributed by atoms with Gasteiger partial charge in [-0.2, -0.15) is 5.10 Å². The summed E-state index contributed by atoms with van der Waals surface area (Å²) in [5, 5.41) is 7.21. The number of halogens is 4. The molecule has 3 aromatic rings. The maximum atomic E-state index is 14.6. The number of hydrogen-bond donors (Lipinski definition) is 1. The highest BCUT2D eigenvalue weighted by Crippen LogP contribution is 2.45. The Morgan fingerprint density at radius 1 is 1.02 bits per heavy atom. The van der Waals surface area contributed by atoms with Crippen molar-refractivity contribution in [3.63, 3.8) is 0 Å². The van der Waals surface area contributed by atoms with E-state index in [4.69, 9.17) is 9.47 Å². The molecule has 0 bridgehead atoms. The maximum Gasteiger partial charge on any atom is 0.281 e. The van der Waals surface area contributed by atoms with Gasteiger partial charge < -0.3 is 14.8 Å². The fraction of sp³-hybridized carbons (Fsp3) is 0.250. The summed E-state index contributed by atoms with van der Waals surface area (Å²) < 4.78 is 67.5. The molecule has 0 spiro atoms. The third kappa shape index (κ3) is 6.13. The van der Waals surface area contributed by atoms with Gasteiger partial charge in [0.1, 0.15) is 45.0 Å². The number of carbonyl (C=O) groups is 2. The van der Waals surface area contributed by atoms with Crippen molar-refractivity contribution in [1.29, 1.82) is 0 Å². The smallest absolute Gasteiger partial charge is 0.281 e. The van der Waals surface area contributed by atoms with Gasteiger partial charge in [-0.25, -0.2) is 22.6 Å². The molecule has 40 heavy (non-hydrogen) atoms. The zero-order chi connectivity index (χ0) is 28.2. The summed E-state index contributed by atoms with van der Waals surface area (Å²) in [4.78, 5) is 25.8. The van der Waals surface area contributed by atoms with Crippen LogP contribution in [0, 0.1) is 23.3 Å². The minimum absolute atomic E-state index is 0.0417. The lowest BCUT2D eigenvalue weighted by atomic mass is 10.1. The molecule has 7 nitrogen and oxygen atoms in total. The molecule has 2 unspecified atom stereocenters. The van der Waals surface area contributed by atoms with Crippen molar-refractivity contribution in [3.05, 3.63) is 101 Å². The SMILES string of the molecule is O=C(COc1ccccc1C1SC(c2ccc(F)cc2)=NN1C(=O)c1c(F)cc(F)cc1F)NCC1CCCO1. The van der Waals surface area contributed by atoms with Gasteiger partial charge in [-0.1, -0.05) is 30.0 Å². The van der Waals surface area contributed by atoms with E-state index >= 15 is 0 Å². The Morgan fingerprint density at radius 3 is 2.45 bits per heavy atom. The Morgan fingerprint density at radius 2 is 1.75 bits per heavy atom. The van der Waals surface area contributed by atoms with E-state index in [1.807, 2.05) is 0 Å². The van der Waals surface area contributed by atoms with Gasteiger partial charge in [-0.3, -0.25) is 9.59 Å². The van der Waals surface area contributed by atoms with Crippen LogP contribution < -0.4 is 10.1 Å². The number of carbonyl (C=O) groups excluding carboxylic acids is 2. The van der Waals surface area contributed by atoms with E-state index in [0.29, 0.717) is 36.4 Å². The fourth-order valence-electron chi connectivity index (χ4n) is 4.30. The third-order valence-electron chi connectivity index (χ3n) is 6.26. The van der Waals surface area contributed by atoms with Crippen molar-refractivity contribution in [2.45, 2.75) is 24.3 Å². The summed E-state index contributed by atoms with van der Waals surface area (Å²) in [6.07, 6.45) is 1.75. The molecule has 2 aliphatic rings. The number of hydrazone groups is 1. The number of ether oxygens (including phenoxy) is 2. The molecule has 1 fully saturated rings. The second-order valence-electron chi connectivity index (χ2n) is 9.04. The molecule has 0 aliphatic carbocycles. The van der Waals surface area contributed by atoms with Gasteiger partial charge in [-0.15, -0.1) is 0 Å². The van der Waals surface area contributed by atoms with E-state index in [1.54, 1.807) is 24.3 Å². The lowest BCUT2D eigenvalue weighted by molar-refractivity contribution is -0.123. The molecular formula is C28H23F4N3O4S. The van der Waals surface area contributed by atoms with Gasteiger partial charge in [0.2, 0.25) is 0 Å². The molecule has 0 radical (unpaired) electrons. The Bertz CT molecular complexity index is 1420. The molecule has 2 aliphatic heterocycles. The van der Waals surface area contributed by atoms with Crippen molar-refractivity contribution < 1.29 is 36.6 Å². The molecule has 0 aromatic heterocycles. The van der Waals surface area contributed by atoms with Gasteiger partial charge in [0, 0.05) is 36.4 Å². The number of amides is 2. The quantitative estimate of drug-likeness (QED) is 0.377. The average molecular weight is 574 g/mol. The number of benzene rings is 3. The van der Waals surface area contributed by atoms with Crippen LogP contribution >= 0.6 is 11.8 Å². The van der Waals surface area contributed by atoms with Gasteiger partial charge in [-0.05, 0) is 43.2 Å². The normalized spacial score (nSPS) is 18.5. The van der Waals surface area contributed by atoms with Crippen LogP contribution in [-0.4, -0.2) is 47.7 Å². The Balaban J connectivity index is 1.42. The van der Waals surface area contributed by atoms with E-state index in [9.17, 15) is 27.2 Å². The van der Waals surface area contributed by atoms with E-state index in [0.717, 1.165) is 29.6 Å². The molecule has 12 heteroatoms. The predicted molar refractivity (Wildman–Crippen MR) is 140 cm³/mol. The summed E-state index contributed by atoms with van der Waals surface area (Å²) in [5.74, 6) is -5.73. The van der Waals surface area contributed by atoms with Gasteiger partial charge in [0.05, 0.1) is 6.10 Å². The Labute approximate surface area is 231 Å². The fourth-order valence-corrected chi connectivity index (χ4v) is 5.48. The van der Waals surface area contributed by atoms with Crippen LogP contribution in [0.25, 0.3) is 0 Å². The van der Waals surface area contributed by atoms with Crippen LogP contribution in [0.5, 0.6) is 5.75 Å². The first-order valence-electron chi connectivity index (χ1n) is 12.4. The number of para-hydroxylation sites is 1. The highest BCUT2D eigenvalue weighted by molar-refractivity contribution is 8.14. The number of nitrogens with zero attached hydrogens (tertiary/aromatic N) is 2. The molecule has 2 heterocycles. The lowest BCUT2D eigenvalue weighted by Gasteiger charge is -2.23. The highest BCUT2D eigenvalue weighted by atomic mass is 32.2. The molecular weight excluding hydrogens is 550 g/mol. The number of thioether (sulfide) groups is 1. The van der Waals surface area contributed by atoms with Crippen molar-refractivity contribution in [2.75, 3.05) is 19.8 Å². The number of rotatable bonds is 8. The molecule has 1 saturated heterocycles. The van der Waals surface area contributed by atoms with Gasteiger partial charge >= 0.3 is 0 Å². The molecule has 2 amide bonds. The Kier molecular flexibility index (Phi) is 8.36. The molecule has 2 atom stereocenters. The van der Waals surface area contributed by atoms with E-state index in [2.05, 4.69) is 10.4 Å². The van der Waals surface area contributed by atoms with Crippen LogP contribution in [0.3, 0.4) is 0 Å². The zero-order valence-corrected chi connectivity index (χ0v) is 21.7. The molecule has 5 rings (SSSR count). The van der Waals surface area contributed by atoms with Gasteiger partial charge in [0.15, 0.2) is 6.61 Å². The topological polar surface area (TPSA) is 80.2 Å². The Hall–Kier alpha value is -3.90. The van der Waals surface area contributed by atoms with Crippen molar-refractivity contribution in [2.24, 2.45) is 5.10 Å². The third-order valence-corrected chi connectivity index (χ3v) is 7.48. The first kappa shape index (κ1) is 27.7. The van der Waals surface area contributed by atoms with E-state index in [-0.39, 0.29) is 29.4 Å². The lowest BCUT2D eigenvalue weighted by Crippen LogP contribution is -2.35. The molecule has 0 saturated carbocycles. The maximum absolute atomic E-state index is 14.6. The van der Waals surface area contributed by atoms with Crippen molar-refractivity contribution in [1.82, 2.24) is 10.3 Å². The van der Waals surface area contributed by atoms with Crippen LogP contribution in [-0.2, 0) is 9.53 Å². The monoisotopic (exact) mass is 573 g/mol. The summed E-state index contributed by atoms with van der Waals surface area (Å²) >= 11 is 1.06. The van der Waals surface area contributed by atoms with Crippen LogP contribution in [0.2, 0.25) is 0 Å². The number of hydrogen-bond acceptors (Lipinski definition) is 6. The summed E-state index contributed by atoms with van der Waals surface area (Å²) in [5.41, 5.74) is -0.141. The van der Waals surface area contributed by atoms with Gasteiger partial charge in [0.25, 0.3) is 11.8 Å². The van der Waals surface area contributed by atoms with Crippen molar-refractivity contribution in [3.8, 4) is 5.75 Å². The average Bonchev–Trinajstić information content (AvgIpc) is 3.61. The summed E-state index contributed by atoms with van der Waals surface area (Å²) in [6.45, 7) is 0.683. The van der Waals surface area contributed by atoms with E-state index in [1.165, 1.54) is 24.3 Å². The van der Waals surface area contributed by atoms with Crippen LogP contribution in [0.15, 0.2) is 65.8 Å². The first-order valence-corrected chi connectivity index (χ1v) is 13.3. The zero-order valence-electron chi connectivity index (χ0n) is 20.9. The highest BCUT2D eigenvalue weighted by Gasteiger charge is 2.38. The largest absolute Gasteiger partial charge is 0.483 e. The molecule has 3 aromatic carbocycles. The predicted octanol–water partition coefficient (Wildman–Crippen LogP) is 5.17. The molecule has 208 valence electrons. The number of nitrogens with one attached hydrogen (secondary N) is 1. The second-order valence-corrected chi connectivity index (χ2v) is 10.1. The van der Waals surface area contributed by atoms with Crippen molar-refractivity contribution >= 4 is 28.6 Å². The minimum Gasteiger partial charge on any atom is -0.483 e. The summed E-state index contributed by atoms with van der Waals surface area (Å²) in [6, 6.07) is 12.7. The van der Waals surface area contributed by atoms with Crippen LogP contribution in [0.1, 0.15) is 39.7 Å². The summed E-state index contributed by atoms with van der Waals surface area (Å²) in [7, 11) is 0. The van der Waals surface area contributed by atoms with E-state index < -0.39 is 40.1 Å². The first-order chi connectivity index (χ1) is 19.3. The van der Waals surface area contributed by atoms with Crippen LogP contribution in [0.4, 0.5) is 17.6 Å². The molecule has 1 N–H and O–H groups in total.